The summed E-state index contributed by atoms with van der Waals surface area (Å²) in [6, 6.07) is 0.527. The Bertz CT molecular complexity index is 351. The van der Waals surface area contributed by atoms with E-state index < -0.39 is 0 Å². The minimum atomic E-state index is 0.527. The van der Waals surface area contributed by atoms with Crippen LogP contribution in [0.4, 0.5) is 0 Å². The molecule has 1 aromatic heterocycles. The standard InChI is InChI=1S/C14H24N2S/c1-10-14(17-11(2)16-10)13(15-3)12-8-6-4-5-7-9-12/h12-13,15H,4-9H2,1-3H3. The maximum absolute atomic E-state index is 4.58. The minimum absolute atomic E-state index is 0.527. The topological polar surface area (TPSA) is 24.9 Å². The molecule has 1 heterocycles. The van der Waals surface area contributed by atoms with E-state index in [0.29, 0.717) is 6.04 Å². The fraction of sp³-hybridized carbons (Fsp3) is 0.786. The summed E-state index contributed by atoms with van der Waals surface area (Å²) < 4.78 is 0. The zero-order chi connectivity index (χ0) is 12.3. The lowest BCUT2D eigenvalue weighted by Gasteiger charge is -2.25. The average molecular weight is 252 g/mol. The Morgan fingerprint density at radius 1 is 1.18 bits per heavy atom. The van der Waals surface area contributed by atoms with Crippen LogP contribution in [0.25, 0.3) is 0 Å². The van der Waals surface area contributed by atoms with Gasteiger partial charge in [0.25, 0.3) is 0 Å². The van der Waals surface area contributed by atoms with Gasteiger partial charge >= 0.3 is 0 Å². The van der Waals surface area contributed by atoms with Gasteiger partial charge in [0.05, 0.1) is 10.7 Å². The first-order valence-electron chi connectivity index (χ1n) is 6.83. The number of rotatable bonds is 3. The van der Waals surface area contributed by atoms with Gasteiger partial charge in [0, 0.05) is 10.9 Å². The van der Waals surface area contributed by atoms with E-state index in [0.717, 1.165) is 5.92 Å². The molecule has 96 valence electrons. The van der Waals surface area contributed by atoms with Gasteiger partial charge in [0.2, 0.25) is 0 Å². The molecule has 1 aromatic rings. The first-order valence-corrected chi connectivity index (χ1v) is 7.65. The average Bonchev–Trinajstić information content (AvgIpc) is 2.55. The van der Waals surface area contributed by atoms with Crippen LogP contribution in [0.5, 0.6) is 0 Å². The van der Waals surface area contributed by atoms with Gasteiger partial charge in [-0.15, -0.1) is 11.3 Å². The number of nitrogens with one attached hydrogen (secondary N) is 1. The molecule has 0 aliphatic heterocycles. The van der Waals surface area contributed by atoms with Gasteiger partial charge in [0.15, 0.2) is 0 Å². The first-order chi connectivity index (χ1) is 8.22. The Balaban J connectivity index is 2.16. The molecular formula is C14H24N2S. The predicted molar refractivity (Wildman–Crippen MR) is 74.6 cm³/mol. The number of hydrogen-bond acceptors (Lipinski definition) is 3. The van der Waals surface area contributed by atoms with Gasteiger partial charge in [-0.2, -0.15) is 0 Å². The van der Waals surface area contributed by atoms with Crippen molar-refractivity contribution in [1.82, 2.24) is 10.3 Å². The van der Waals surface area contributed by atoms with E-state index in [1.807, 2.05) is 11.3 Å². The second-order valence-corrected chi connectivity index (χ2v) is 6.44. The van der Waals surface area contributed by atoms with E-state index in [4.69, 9.17) is 0 Å². The Morgan fingerprint density at radius 3 is 2.29 bits per heavy atom. The molecule has 1 saturated carbocycles. The van der Waals surface area contributed by atoms with E-state index in [2.05, 4.69) is 31.2 Å². The quantitative estimate of drug-likeness (QED) is 0.823. The molecular weight excluding hydrogens is 228 g/mol. The normalized spacial score (nSPS) is 20.2. The van der Waals surface area contributed by atoms with E-state index >= 15 is 0 Å². The largest absolute Gasteiger partial charge is 0.312 e. The van der Waals surface area contributed by atoms with Gasteiger partial charge in [-0.25, -0.2) is 4.98 Å². The Labute approximate surface area is 109 Å². The van der Waals surface area contributed by atoms with Crippen LogP contribution in [0.3, 0.4) is 0 Å². The fourth-order valence-electron chi connectivity index (χ4n) is 3.06. The van der Waals surface area contributed by atoms with Crippen molar-refractivity contribution in [2.45, 2.75) is 58.4 Å². The summed E-state index contributed by atoms with van der Waals surface area (Å²) in [5, 5.41) is 4.74. The molecule has 1 aliphatic rings. The summed E-state index contributed by atoms with van der Waals surface area (Å²) >= 11 is 1.87. The van der Waals surface area contributed by atoms with Gasteiger partial charge in [-0.1, -0.05) is 25.7 Å². The molecule has 0 spiro atoms. The Morgan fingerprint density at radius 2 is 1.82 bits per heavy atom. The van der Waals surface area contributed by atoms with E-state index in [1.165, 1.54) is 54.1 Å². The monoisotopic (exact) mass is 252 g/mol. The third-order valence-electron chi connectivity index (χ3n) is 3.90. The van der Waals surface area contributed by atoms with Crippen molar-refractivity contribution in [3.8, 4) is 0 Å². The molecule has 17 heavy (non-hydrogen) atoms. The van der Waals surface area contributed by atoms with Crippen LogP contribution in [0.15, 0.2) is 0 Å². The molecule has 0 aromatic carbocycles. The van der Waals surface area contributed by atoms with Crippen molar-refractivity contribution in [2.75, 3.05) is 7.05 Å². The first kappa shape index (κ1) is 13.0. The van der Waals surface area contributed by atoms with Gasteiger partial charge in [-0.05, 0) is 39.7 Å². The number of thiazole rings is 1. The maximum atomic E-state index is 4.58. The predicted octanol–water partition coefficient (Wildman–Crippen LogP) is 3.99. The molecule has 0 saturated heterocycles. The maximum Gasteiger partial charge on any atom is 0.0900 e. The smallest absolute Gasteiger partial charge is 0.0900 e. The van der Waals surface area contributed by atoms with E-state index in [9.17, 15) is 0 Å². The molecule has 1 fully saturated rings. The summed E-state index contributed by atoms with van der Waals surface area (Å²) in [6.07, 6.45) is 8.41. The molecule has 1 aliphatic carbocycles. The Hall–Kier alpha value is -0.410. The van der Waals surface area contributed by atoms with Gasteiger partial charge in [-0.3, -0.25) is 0 Å². The lowest BCUT2D eigenvalue weighted by molar-refractivity contribution is 0.344. The lowest BCUT2D eigenvalue weighted by atomic mass is 9.90. The van der Waals surface area contributed by atoms with Crippen molar-refractivity contribution in [1.29, 1.82) is 0 Å². The lowest BCUT2D eigenvalue weighted by Crippen LogP contribution is -2.24. The third kappa shape index (κ3) is 3.08. The van der Waals surface area contributed by atoms with Gasteiger partial charge in [0.1, 0.15) is 0 Å². The highest BCUT2D eigenvalue weighted by Gasteiger charge is 2.25. The summed E-state index contributed by atoms with van der Waals surface area (Å²) in [5.74, 6) is 0.807. The van der Waals surface area contributed by atoms with Crippen molar-refractivity contribution in [2.24, 2.45) is 5.92 Å². The summed E-state index contributed by atoms with van der Waals surface area (Å²) in [7, 11) is 2.10. The van der Waals surface area contributed by atoms with Crippen molar-refractivity contribution >= 4 is 11.3 Å². The highest BCUT2D eigenvalue weighted by atomic mass is 32.1. The van der Waals surface area contributed by atoms with Crippen LogP contribution >= 0.6 is 11.3 Å². The molecule has 3 heteroatoms. The van der Waals surface area contributed by atoms with E-state index in [1.54, 1.807) is 0 Å². The van der Waals surface area contributed by atoms with Gasteiger partial charge < -0.3 is 5.32 Å². The fourth-order valence-corrected chi connectivity index (χ4v) is 4.19. The van der Waals surface area contributed by atoms with Crippen LogP contribution in [0.1, 0.15) is 60.1 Å². The molecule has 0 radical (unpaired) electrons. The zero-order valence-electron chi connectivity index (χ0n) is 11.3. The number of aryl methyl sites for hydroxylation is 2. The van der Waals surface area contributed by atoms with Crippen LogP contribution in [0, 0.1) is 19.8 Å². The van der Waals surface area contributed by atoms with Crippen molar-refractivity contribution < 1.29 is 0 Å². The van der Waals surface area contributed by atoms with Crippen molar-refractivity contribution in [3.05, 3.63) is 15.6 Å². The highest BCUT2D eigenvalue weighted by Crippen LogP contribution is 2.36. The van der Waals surface area contributed by atoms with E-state index in [-0.39, 0.29) is 0 Å². The highest BCUT2D eigenvalue weighted by molar-refractivity contribution is 7.11. The summed E-state index contributed by atoms with van der Waals surface area (Å²) in [5.41, 5.74) is 1.23. The second-order valence-electron chi connectivity index (χ2n) is 5.20. The Kier molecular flexibility index (Phi) is 4.57. The molecule has 2 nitrogen and oxygen atoms in total. The third-order valence-corrected chi connectivity index (χ3v) is 5.06. The molecule has 2 rings (SSSR count). The van der Waals surface area contributed by atoms with Crippen LogP contribution in [-0.2, 0) is 0 Å². The number of nitrogens with zero attached hydrogens (tertiary/aromatic N) is 1. The molecule has 1 atom stereocenters. The number of aromatic nitrogens is 1. The van der Waals surface area contributed by atoms with Crippen molar-refractivity contribution in [3.63, 3.8) is 0 Å². The van der Waals surface area contributed by atoms with Crippen LogP contribution in [0.2, 0.25) is 0 Å². The SMILES string of the molecule is CNC(c1sc(C)nc1C)C1CCCCCC1. The minimum Gasteiger partial charge on any atom is -0.312 e. The summed E-state index contributed by atoms with van der Waals surface area (Å²) in [6.45, 7) is 4.26. The summed E-state index contributed by atoms with van der Waals surface area (Å²) in [4.78, 5) is 6.05. The molecule has 0 amide bonds. The number of hydrogen-bond donors (Lipinski definition) is 1. The second kappa shape index (κ2) is 5.96. The van der Waals surface area contributed by atoms with Crippen LogP contribution < -0.4 is 5.32 Å². The molecule has 0 bridgehead atoms. The van der Waals surface area contributed by atoms with Crippen LogP contribution in [-0.4, -0.2) is 12.0 Å². The zero-order valence-corrected chi connectivity index (χ0v) is 12.1. The molecule has 1 unspecified atom stereocenters. The molecule has 1 N–H and O–H groups in total.